The Morgan fingerprint density at radius 1 is 0.231 bits per heavy atom. The lowest BCUT2D eigenvalue weighted by atomic mass is 10.0. The van der Waals surface area contributed by atoms with E-state index in [4.69, 9.17) is 4.74 Å². The summed E-state index contributed by atoms with van der Waals surface area (Å²) in [6.07, 6.45) is 81.7. The highest BCUT2D eigenvalue weighted by Gasteiger charge is 2.21. The normalized spacial score (nSPS) is 13.2. The van der Waals surface area contributed by atoms with Crippen LogP contribution in [0.3, 0.4) is 0 Å². The van der Waals surface area contributed by atoms with Crippen LogP contribution in [0, 0.1) is 0 Å². The van der Waals surface area contributed by atoms with Crippen LogP contribution < -0.4 is 0 Å². The molecule has 0 saturated heterocycles. The molecule has 0 aromatic carbocycles. The summed E-state index contributed by atoms with van der Waals surface area (Å²) in [5.74, 6) is 0. The van der Waals surface area contributed by atoms with Crippen LogP contribution in [0.2, 0.25) is 0 Å². The highest BCUT2D eigenvalue weighted by Crippen LogP contribution is 2.16. The van der Waals surface area contributed by atoms with Crippen molar-refractivity contribution in [1.29, 1.82) is 0 Å². The summed E-state index contributed by atoms with van der Waals surface area (Å²) in [5.41, 5.74) is 31.7. The minimum absolute atomic E-state index is 0.108. The Morgan fingerprint density at radius 2 is 0.402 bits per heavy atom. The molecule has 0 aliphatic heterocycles. The van der Waals surface area contributed by atoms with Gasteiger partial charge < -0.3 is 20.1 Å². The third-order valence-electron chi connectivity index (χ3n) is 17.0. The molecule has 0 aromatic rings. The van der Waals surface area contributed by atoms with Gasteiger partial charge in [0.05, 0.1) is 17.3 Å². The van der Waals surface area contributed by atoms with Crippen LogP contribution in [0.4, 0.5) is 0 Å². The maximum atomic E-state index is 9.67. The lowest BCUT2D eigenvalue weighted by Gasteiger charge is -2.21. The number of hydrogen-bond donors (Lipinski definition) is 3. The molecule has 2 atom stereocenters. The Labute approximate surface area is 724 Å². The number of aliphatic hydroxyl groups excluding tert-OH is 1. The fourth-order valence-corrected chi connectivity index (χ4v) is 7.18. The largest absolute Gasteiger partial charge is 0.387 e. The maximum absolute atomic E-state index is 9.67. The minimum Gasteiger partial charge on any atom is -0.387 e. The summed E-state index contributed by atoms with van der Waals surface area (Å²) in [6.45, 7) is 86.6. The second-order valence-corrected chi connectivity index (χ2v) is 33.8. The van der Waals surface area contributed by atoms with Crippen LogP contribution in [0.25, 0.3) is 0 Å². The second-order valence-electron chi connectivity index (χ2n) is 33.8. The molecule has 0 heterocycles. The molecule has 4 nitrogen and oxygen atoms in total. The second kappa shape index (κ2) is 73.6. The molecule has 650 valence electrons. The van der Waals surface area contributed by atoms with Gasteiger partial charge in [-0.2, -0.15) is 0 Å². The lowest BCUT2D eigenvalue weighted by molar-refractivity contribution is -0.0226. The SMILES string of the molecule is CC(C)=C(C)/C=C/C=C(C)/C=C/C(O)C(C)(C)O.CC(C)=C/C=C/C(C)=C/C=C/C(C)=C(C)C.CC(C)=C/C=C/C(C)=C/C=C/C(C)=C(C)C.CC(C)=C/C=C/C(C)=C/C=C/C(C)=C(C)C.CC(C)=C/C=C/C(C)=C\C=C\C(C)=C(C)C.CC(C)=C/C=C/C(C)=C\C=C\C(C)=C(C)C.COC(/C=C/C(C)(C)O)/C(C)=C/C=C/C(C)=C(C)C. The zero-order valence-electron chi connectivity index (χ0n) is 83.0. The Morgan fingerprint density at radius 3 is 0.556 bits per heavy atom. The average molecular weight is 1600 g/mol. The molecule has 0 bridgehead atoms. The predicted octanol–water partition coefficient (Wildman–Crippen LogP) is 34.6. The zero-order chi connectivity index (χ0) is 92.2. The van der Waals surface area contributed by atoms with E-state index < -0.39 is 17.3 Å². The Hall–Kier alpha value is -8.74. The first-order valence-corrected chi connectivity index (χ1v) is 41.5. The topological polar surface area (TPSA) is 69.9 Å². The van der Waals surface area contributed by atoms with Crippen molar-refractivity contribution in [3.05, 3.63) is 388 Å². The molecule has 4 heteroatoms. The van der Waals surface area contributed by atoms with E-state index in [9.17, 15) is 15.3 Å². The molecule has 0 aliphatic rings. The van der Waals surface area contributed by atoms with E-state index in [-0.39, 0.29) is 6.10 Å². The summed E-state index contributed by atoms with van der Waals surface area (Å²) in [5, 5.41) is 28.9. The van der Waals surface area contributed by atoms with Gasteiger partial charge in [0.15, 0.2) is 0 Å². The molecule has 3 N–H and O–H groups in total. The molecule has 0 rings (SSSR count). The average Bonchev–Trinajstić information content (AvgIpc) is 0.917. The molecule has 0 aromatic heterocycles. The van der Waals surface area contributed by atoms with E-state index in [1.807, 2.05) is 50.3 Å². The Balaban J connectivity index is -0.000000242. The number of aliphatic hydroxyl groups is 3. The first-order valence-electron chi connectivity index (χ1n) is 41.5. The zero-order valence-corrected chi connectivity index (χ0v) is 83.0. The molecule has 0 amide bonds. The van der Waals surface area contributed by atoms with Crippen LogP contribution in [0.15, 0.2) is 388 Å². The smallest absolute Gasteiger partial charge is 0.101 e. The molecule has 117 heavy (non-hydrogen) atoms. The molecule has 0 saturated carbocycles. The van der Waals surface area contributed by atoms with Crippen LogP contribution in [-0.2, 0) is 4.74 Å². The van der Waals surface area contributed by atoms with Gasteiger partial charge in [-0.1, -0.05) is 382 Å². The van der Waals surface area contributed by atoms with Crippen molar-refractivity contribution in [3.63, 3.8) is 0 Å². The first-order chi connectivity index (χ1) is 54.0. The maximum Gasteiger partial charge on any atom is 0.101 e. The number of rotatable bonds is 31. The standard InChI is InChI=1S/C17H28O2.C16H26O2.5C16H24/c1-13(2)14(3)9-8-10-15(4)16(19-7)11-12-17(5,6)18;1-12(2)14(4)9-7-8-13(3)10-11-15(17)16(5,6)18;5*1-13(2)9-7-10-15(5)11-8-12-16(6)14(3)4/h8-12,16,18H,1-7H3;7-11,15,17-18H,1-6H3;5*7-12H,1-6H3/b9-8+,12-11+,15-10+;9-7+,11-10+,13-8+;3*10-7+,12-8+,15-11+;2*10-7+,12-8+,15-11-. The quantitative estimate of drug-likeness (QED) is 0.0478. The third kappa shape index (κ3) is 91.0. The number of hydrogen-bond acceptors (Lipinski definition) is 4. The van der Waals surface area contributed by atoms with Gasteiger partial charge in [0.25, 0.3) is 0 Å². The van der Waals surface area contributed by atoms with Gasteiger partial charge in [-0.15, -0.1) is 0 Å². The van der Waals surface area contributed by atoms with Crippen molar-refractivity contribution in [1.82, 2.24) is 0 Å². The minimum atomic E-state index is -1.11. The van der Waals surface area contributed by atoms with Crippen LogP contribution in [0.5, 0.6) is 0 Å². The fraction of sp³-hybridized carbons (Fsp3) is 0.416. The summed E-state index contributed by atoms with van der Waals surface area (Å²) in [6, 6.07) is 0. The Kier molecular flexibility index (Phi) is 76.4. The van der Waals surface area contributed by atoms with Gasteiger partial charge in [-0.3, -0.25) is 0 Å². The molecule has 0 spiro atoms. The molecule has 2 unspecified atom stereocenters. The van der Waals surface area contributed by atoms with E-state index in [1.165, 1.54) is 134 Å². The van der Waals surface area contributed by atoms with Crippen molar-refractivity contribution in [2.24, 2.45) is 0 Å². The summed E-state index contributed by atoms with van der Waals surface area (Å²) in [7, 11) is 1.67. The Bertz CT molecular complexity index is 3550. The summed E-state index contributed by atoms with van der Waals surface area (Å²) >= 11 is 0. The van der Waals surface area contributed by atoms with E-state index >= 15 is 0 Å². The van der Waals surface area contributed by atoms with Crippen molar-refractivity contribution < 1.29 is 20.1 Å². The predicted molar refractivity (Wildman–Crippen MR) is 539 cm³/mol. The molecule has 0 fully saturated rings. The first kappa shape index (κ1) is 121. The van der Waals surface area contributed by atoms with E-state index in [0.29, 0.717) is 0 Å². The van der Waals surface area contributed by atoms with Gasteiger partial charge in [0.1, 0.15) is 6.10 Å². The molecular weight excluding hydrogens is 1420 g/mol. The third-order valence-corrected chi connectivity index (χ3v) is 17.0. The van der Waals surface area contributed by atoms with Crippen LogP contribution in [0.1, 0.15) is 291 Å². The summed E-state index contributed by atoms with van der Waals surface area (Å²) in [4.78, 5) is 0. The highest BCUT2D eigenvalue weighted by molar-refractivity contribution is 5.36. The monoisotopic (exact) mass is 1600 g/mol. The van der Waals surface area contributed by atoms with Crippen molar-refractivity contribution in [3.8, 4) is 0 Å². The van der Waals surface area contributed by atoms with Gasteiger partial charge >= 0.3 is 0 Å². The highest BCUT2D eigenvalue weighted by atomic mass is 16.5. The number of allylic oxidation sites excluding steroid dienone is 62. The summed E-state index contributed by atoms with van der Waals surface area (Å²) < 4.78 is 5.40. The van der Waals surface area contributed by atoms with Gasteiger partial charge in [0.2, 0.25) is 0 Å². The van der Waals surface area contributed by atoms with E-state index in [2.05, 4.69) is 444 Å². The molecular formula is C113H174O4. The van der Waals surface area contributed by atoms with E-state index in [0.717, 1.165) is 11.1 Å². The molecule has 0 aliphatic carbocycles. The van der Waals surface area contributed by atoms with Crippen molar-refractivity contribution in [2.75, 3.05) is 7.11 Å². The van der Waals surface area contributed by atoms with Gasteiger partial charge in [-0.05, 0) is 296 Å². The van der Waals surface area contributed by atoms with Crippen molar-refractivity contribution >= 4 is 0 Å². The van der Waals surface area contributed by atoms with Crippen LogP contribution >= 0.6 is 0 Å². The van der Waals surface area contributed by atoms with Crippen molar-refractivity contribution in [2.45, 2.75) is 314 Å². The van der Waals surface area contributed by atoms with E-state index in [1.54, 1.807) is 47.0 Å². The lowest BCUT2D eigenvalue weighted by Crippen LogP contribution is -2.34. The number of ether oxygens (including phenoxy) is 1. The van der Waals surface area contributed by atoms with Crippen LogP contribution in [-0.4, -0.2) is 45.8 Å². The molecule has 0 radical (unpaired) electrons. The fourth-order valence-electron chi connectivity index (χ4n) is 7.18. The number of methoxy groups -OCH3 is 1. The van der Waals surface area contributed by atoms with Gasteiger partial charge in [-0.25, -0.2) is 0 Å². The van der Waals surface area contributed by atoms with Gasteiger partial charge in [0, 0.05) is 7.11 Å².